The van der Waals surface area contributed by atoms with Crippen molar-refractivity contribution in [2.24, 2.45) is 4.99 Å². The Hall–Kier alpha value is -2.53. The lowest BCUT2D eigenvalue weighted by Gasteiger charge is -2.15. The van der Waals surface area contributed by atoms with Crippen molar-refractivity contribution in [2.45, 2.75) is 46.6 Å². The Morgan fingerprint density at radius 3 is 2.48 bits per heavy atom. The predicted molar refractivity (Wildman–Crippen MR) is 111 cm³/mol. The molecule has 0 radical (unpaired) electrons. The van der Waals surface area contributed by atoms with Crippen molar-refractivity contribution >= 4 is 5.96 Å². The highest BCUT2D eigenvalue weighted by Crippen LogP contribution is 2.19. The Bertz CT molecular complexity index is 757. The number of nitrogens with zero attached hydrogens (tertiary/aromatic N) is 1. The maximum absolute atomic E-state index is 5.68. The topological polar surface area (TPSA) is 54.9 Å². The monoisotopic (exact) mass is 369 g/mol. The minimum absolute atomic E-state index is 0.230. The first-order chi connectivity index (χ1) is 13.0. The number of aliphatic imine (C=N–C) groups is 1. The molecule has 0 saturated heterocycles. The Kier molecular flexibility index (Phi) is 8.14. The molecule has 0 atom stereocenters. The van der Waals surface area contributed by atoms with Crippen LogP contribution in [0.3, 0.4) is 0 Å². The molecule has 0 heterocycles. The third-order valence-corrected chi connectivity index (χ3v) is 4.15. The molecular formula is C22H31N3O2. The smallest absolute Gasteiger partial charge is 0.191 e. The molecule has 5 nitrogen and oxygen atoms in total. The Labute approximate surface area is 162 Å². The molecule has 2 aromatic carbocycles. The number of hydrogen-bond acceptors (Lipinski definition) is 3. The summed E-state index contributed by atoms with van der Waals surface area (Å²) in [6, 6.07) is 14.6. The van der Waals surface area contributed by atoms with Crippen molar-refractivity contribution < 1.29 is 9.47 Å². The molecule has 0 aromatic heterocycles. The molecule has 27 heavy (non-hydrogen) atoms. The van der Waals surface area contributed by atoms with Crippen LogP contribution in [0.5, 0.6) is 5.75 Å². The first-order valence-electron chi connectivity index (χ1n) is 9.29. The van der Waals surface area contributed by atoms with E-state index in [-0.39, 0.29) is 6.10 Å². The molecule has 2 rings (SSSR count). The lowest BCUT2D eigenvalue weighted by molar-refractivity contribution is 0.0657. The van der Waals surface area contributed by atoms with Crippen LogP contribution in [0.15, 0.2) is 47.5 Å². The number of methoxy groups -OCH3 is 1. The molecule has 0 spiro atoms. The van der Waals surface area contributed by atoms with Crippen LogP contribution in [-0.4, -0.2) is 26.2 Å². The van der Waals surface area contributed by atoms with E-state index >= 15 is 0 Å². The largest absolute Gasteiger partial charge is 0.496 e. The molecule has 0 amide bonds. The average molecular weight is 370 g/mol. The van der Waals surface area contributed by atoms with Crippen molar-refractivity contribution in [2.75, 3.05) is 14.2 Å². The van der Waals surface area contributed by atoms with Crippen LogP contribution in [0, 0.1) is 6.92 Å². The summed E-state index contributed by atoms with van der Waals surface area (Å²) in [5, 5.41) is 6.69. The van der Waals surface area contributed by atoms with Gasteiger partial charge in [0.05, 0.1) is 19.8 Å². The molecule has 2 N–H and O–H groups in total. The van der Waals surface area contributed by atoms with Crippen molar-refractivity contribution in [3.05, 3.63) is 64.7 Å². The van der Waals surface area contributed by atoms with E-state index in [0.29, 0.717) is 19.7 Å². The number of benzene rings is 2. The van der Waals surface area contributed by atoms with Crippen LogP contribution >= 0.6 is 0 Å². The minimum Gasteiger partial charge on any atom is -0.496 e. The van der Waals surface area contributed by atoms with E-state index in [4.69, 9.17) is 9.47 Å². The van der Waals surface area contributed by atoms with Gasteiger partial charge in [0.15, 0.2) is 5.96 Å². The van der Waals surface area contributed by atoms with E-state index in [0.717, 1.165) is 17.3 Å². The molecule has 146 valence electrons. The van der Waals surface area contributed by atoms with Crippen molar-refractivity contribution in [1.29, 1.82) is 0 Å². The lowest BCUT2D eigenvalue weighted by atomic mass is 10.1. The van der Waals surface area contributed by atoms with E-state index in [1.807, 2.05) is 19.9 Å². The summed E-state index contributed by atoms with van der Waals surface area (Å²) < 4.78 is 11.1. The van der Waals surface area contributed by atoms with Gasteiger partial charge in [-0.3, -0.25) is 4.99 Å². The van der Waals surface area contributed by atoms with Crippen LogP contribution in [-0.2, 0) is 24.4 Å². The lowest BCUT2D eigenvalue weighted by Crippen LogP contribution is -2.36. The second-order valence-electron chi connectivity index (χ2n) is 6.77. The van der Waals surface area contributed by atoms with Crippen LogP contribution in [0.2, 0.25) is 0 Å². The van der Waals surface area contributed by atoms with Crippen LogP contribution < -0.4 is 15.4 Å². The van der Waals surface area contributed by atoms with Gasteiger partial charge in [0.2, 0.25) is 0 Å². The first kappa shape index (κ1) is 20.8. The van der Waals surface area contributed by atoms with Crippen molar-refractivity contribution in [1.82, 2.24) is 10.6 Å². The molecule has 0 aliphatic heterocycles. The number of ether oxygens (including phenoxy) is 2. The molecular weight excluding hydrogens is 338 g/mol. The van der Waals surface area contributed by atoms with Gasteiger partial charge < -0.3 is 20.1 Å². The van der Waals surface area contributed by atoms with E-state index in [2.05, 4.69) is 58.9 Å². The molecule has 0 unspecified atom stereocenters. The third-order valence-electron chi connectivity index (χ3n) is 4.15. The van der Waals surface area contributed by atoms with Crippen LogP contribution in [0.25, 0.3) is 0 Å². The van der Waals surface area contributed by atoms with Crippen LogP contribution in [0.4, 0.5) is 0 Å². The average Bonchev–Trinajstić information content (AvgIpc) is 2.67. The quantitative estimate of drug-likeness (QED) is 0.549. The zero-order valence-electron chi connectivity index (χ0n) is 17.0. The van der Waals surface area contributed by atoms with Crippen molar-refractivity contribution in [3.63, 3.8) is 0 Å². The van der Waals surface area contributed by atoms with Gasteiger partial charge in [-0.05, 0) is 43.5 Å². The van der Waals surface area contributed by atoms with Gasteiger partial charge in [-0.15, -0.1) is 0 Å². The Morgan fingerprint density at radius 1 is 1.04 bits per heavy atom. The molecule has 0 saturated carbocycles. The Balaban J connectivity index is 1.90. The number of rotatable bonds is 8. The van der Waals surface area contributed by atoms with Gasteiger partial charge in [0.1, 0.15) is 5.75 Å². The van der Waals surface area contributed by atoms with Gasteiger partial charge in [0, 0.05) is 25.7 Å². The number of hydrogen-bond donors (Lipinski definition) is 2. The zero-order valence-corrected chi connectivity index (χ0v) is 17.0. The highest BCUT2D eigenvalue weighted by Gasteiger charge is 2.05. The fraction of sp³-hybridized carbons (Fsp3) is 0.409. The number of nitrogens with one attached hydrogen (secondary N) is 2. The number of guanidine groups is 1. The van der Waals surface area contributed by atoms with Crippen LogP contribution in [0.1, 0.15) is 36.1 Å². The molecule has 5 heteroatoms. The van der Waals surface area contributed by atoms with Crippen molar-refractivity contribution in [3.8, 4) is 5.75 Å². The standard InChI is InChI=1S/C22H31N3O2/c1-16(2)27-15-19-8-6-7-18(12-19)13-24-22(23-4)25-14-20-10-9-17(3)11-21(20)26-5/h6-12,16H,13-15H2,1-5H3,(H2,23,24,25). The van der Waals surface area contributed by atoms with Gasteiger partial charge in [0.25, 0.3) is 0 Å². The maximum atomic E-state index is 5.68. The molecule has 0 bridgehead atoms. The fourth-order valence-corrected chi connectivity index (χ4v) is 2.68. The summed E-state index contributed by atoms with van der Waals surface area (Å²) in [6.45, 7) is 8.12. The summed E-state index contributed by atoms with van der Waals surface area (Å²) in [4.78, 5) is 4.30. The molecule has 0 fully saturated rings. The van der Waals surface area contributed by atoms with Gasteiger partial charge in [-0.2, -0.15) is 0 Å². The highest BCUT2D eigenvalue weighted by molar-refractivity contribution is 5.79. The first-order valence-corrected chi connectivity index (χ1v) is 9.29. The normalized spacial score (nSPS) is 11.6. The SMILES string of the molecule is CN=C(NCc1cccc(COC(C)C)c1)NCc1ccc(C)cc1OC. The summed E-state index contributed by atoms with van der Waals surface area (Å²) >= 11 is 0. The number of aryl methyl sites for hydroxylation is 1. The minimum atomic E-state index is 0.230. The van der Waals surface area contributed by atoms with Gasteiger partial charge >= 0.3 is 0 Å². The zero-order chi connectivity index (χ0) is 19.6. The molecule has 0 aliphatic rings. The van der Waals surface area contributed by atoms with Gasteiger partial charge in [-0.1, -0.05) is 36.4 Å². The predicted octanol–water partition coefficient (Wildman–Crippen LogP) is 3.79. The summed E-state index contributed by atoms with van der Waals surface area (Å²) in [6.07, 6.45) is 0.230. The van der Waals surface area contributed by atoms with E-state index in [1.165, 1.54) is 16.7 Å². The molecule has 0 aliphatic carbocycles. The summed E-state index contributed by atoms with van der Waals surface area (Å²) in [5.41, 5.74) is 4.64. The van der Waals surface area contributed by atoms with Gasteiger partial charge in [-0.25, -0.2) is 0 Å². The Morgan fingerprint density at radius 2 is 1.78 bits per heavy atom. The second-order valence-corrected chi connectivity index (χ2v) is 6.77. The highest BCUT2D eigenvalue weighted by atomic mass is 16.5. The maximum Gasteiger partial charge on any atom is 0.191 e. The fourth-order valence-electron chi connectivity index (χ4n) is 2.68. The van der Waals surface area contributed by atoms with E-state index in [9.17, 15) is 0 Å². The second kappa shape index (κ2) is 10.6. The molecule has 2 aromatic rings. The third kappa shape index (κ3) is 6.94. The summed E-state index contributed by atoms with van der Waals surface area (Å²) in [7, 11) is 3.47. The van der Waals surface area contributed by atoms with E-state index in [1.54, 1.807) is 14.2 Å². The summed E-state index contributed by atoms with van der Waals surface area (Å²) in [5.74, 6) is 1.64. The van der Waals surface area contributed by atoms with E-state index < -0.39 is 0 Å².